The van der Waals surface area contributed by atoms with Crippen molar-refractivity contribution in [1.82, 2.24) is 4.90 Å². The molecule has 0 unspecified atom stereocenters. The van der Waals surface area contributed by atoms with E-state index in [9.17, 15) is 4.79 Å². The molecule has 1 heterocycles. The Hall–Kier alpha value is -0.830. The van der Waals surface area contributed by atoms with Crippen molar-refractivity contribution in [3.05, 3.63) is 0 Å². The van der Waals surface area contributed by atoms with Gasteiger partial charge >= 0.3 is 6.09 Å². The summed E-state index contributed by atoms with van der Waals surface area (Å²) in [7, 11) is 0. The van der Waals surface area contributed by atoms with E-state index < -0.39 is 27.0 Å². The molecule has 0 saturated carbocycles. The van der Waals surface area contributed by atoms with Gasteiger partial charge in [-0.25, -0.2) is 4.79 Å². The molecule has 1 N–H and O–H groups in total. The van der Waals surface area contributed by atoms with Gasteiger partial charge in [0.15, 0.2) is 5.60 Å². The molecular formula is C14H19Cl3N2O3. The van der Waals surface area contributed by atoms with Crippen LogP contribution in [0.15, 0.2) is 0 Å². The van der Waals surface area contributed by atoms with Crippen molar-refractivity contribution < 1.29 is 14.3 Å². The van der Waals surface area contributed by atoms with Gasteiger partial charge in [0.1, 0.15) is 5.60 Å². The summed E-state index contributed by atoms with van der Waals surface area (Å²) in [6.07, 6.45) is 5.76. The molecule has 0 aromatic carbocycles. The number of piperidine rings is 1. The van der Waals surface area contributed by atoms with Crippen LogP contribution in [0.4, 0.5) is 4.79 Å². The number of carbonyl (C=O) groups excluding carboxylic acids is 1. The molecule has 22 heavy (non-hydrogen) atoms. The number of terminal acetylenes is 1. The van der Waals surface area contributed by atoms with E-state index >= 15 is 0 Å². The number of likely N-dealkylation sites (tertiary alicyclic amines) is 1. The minimum Gasteiger partial charge on any atom is -0.458 e. The van der Waals surface area contributed by atoms with Crippen LogP contribution in [-0.2, 0) is 9.47 Å². The second kappa shape index (κ2) is 6.74. The SMILES string of the molecule is C#CC1(OC(=N)C(Cl)(Cl)Cl)CCN(C(=O)OC(C)(C)C)CC1. The molecular weight excluding hydrogens is 351 g/mol. The summed E-state index contributed by atoms with van der Waals surface area (Å²) in [5, 5.41) is 7.64. The zero-order valence-corrected chi connectivity index (χ0v) is 15.0. The topological polar surface area (TPSA) is 62.6 Å². The van der Waals surface area contributed by atoms with E-state index in [0.717, 1.165) is 0 Å². The minimum absolute atomic E-state index is 0.325. The van der Waals surface area contributed by atoms with Gasteiger partial charge in [-0.1, -0.05) is 40.7 Å². The first-order valence-corrected chi connectivity index (χ1v) is 7.82. The van der Waals surface area contributed by atoms with Gasteiger partial charge in [0, 0.05) is 25.9 Å². The average Bonchev–Trinajstić information content (AvgIpc) is 2.36. The molecule has 0 aromatic rings. The lowest BCUT2D eigenvalue weighted by atomic mass is 9.92. The summed E-state index contributed by atoms with van der Waals surface area (Å²) in [6.45, 7) is 6.07. The molecule has 0 atom stereocenters. The van der Waals surface area contributed by atoms with E-state index in [1.165, 1.54) is 0 Å². The predicted molar refractivity (Wildman–Crippen MR) is 87.7 cm³/mol. The highest BCUT2D eigenvalue weighted by Crippen LogP contribution is 2.33. The molecule has 0 bridgehead atoms. The van der Waals surface area contributed by atoms with E-state index in [1.54, 1.807) is 25.7 Å². The van der Waals surface area contributed by atoms with Crippen LogP contribution in [0.5, 0.6) is 0 Å². The first-order valence-electron chi connectivity index (χ1n) is 6.69. The Kier molecular flexibility index (Phi) is 5.88. The highest BCUT2D eigenvalue weighted by atomic mass is 35.6. The van der Waals surface area contributed by atoms with Crippen molar-refractivity contribution >= 4 is 46.8 Å². The maximum atomic E-state index is 12.0. The molecule has 1 aliphatic heterocycles. The Labute approximate surface area is 145 Å². The molecule has 1 aliphatic rings. The number of halogens is 3. The lowest BCUT2D eigenvalue weighted by Crippen LogP contribution is -2.50. The van der Waals surface area contributed by atoms with Crippen molar-refractivity contribution in [3.63, 3.8) is 0 Å². The number of alkyl halides is 3. The van der Waals surface area contributed by atoms with E-state index in [2.05, 4.69) is 5.92 Å². The first-order chi connectivity index (χ1) is 9.88. The zero-order chi connectivity index (χ0) is 17.2. The summed E-state index contributed by atoms with van der Waals surface area (Å²) in [6, 6.07) is 0. The Morgan fingerprint density at radius 3 is 2.14 bits per heavy atom. The van der Waals surface area contributed by atoms with Gasteiger partial charge in [-0.2, -0.15) is 0 Å². The molecule has 5 nitrogen and oxygen atoms in total. The summed E-state index contributed by atoms with van der Waals surface area (Å²) >= 11 is 16.8. The molecule has 0 aromatic heterocycles. The van der Waals surface area contributed by atoms with E-state index in [1.807, 2.05) is 0 Å². The summed E-state index contributed by atoms with van der Waals surface area (Å²) < 4.78 is 8.73. The number of nitrogens with one attached hydrogen (secondary N) is 1. The number of nitrogens with zero attached hydrogens (tertiary/aromatic N) is 1. The fraction of sp³-hybridized carbons (Fsp3) is 0.714. The van der Waals surface area contributed by atoms with Crippen LogP contribution in [0.3, 0.4) is 0 Å². The van der Waals surface area contributed by atoms with Gasteiger partial charge in [-0.15, -0.1) is 6.42 Å². The number of rotatable bonds is 1. The predicted octanol–water partition coefficient (Wildman–Crippen LogP) is 3.75. The van der Waals surface area contributed by atoms with Crippen molar-refractivity contribution in [2.75, 3.05) is 13.1 Å². The summed E-state index contributed by atoms with van der Waals surface area (Å²) in [5.74, 6) is 1.98. The Bertz CT molecular complexity index is 481. The van der Waals surface area contributed by atoms with Crippen LogP contribution in [0, 0.1) is 17.8 Å². The smallest absolute Gasteiger partial charge is 0.410 e. The number of ether oxygens (including phenoxy) is 2. The third-order valence-electron chi connectivity index (χ3n) is 3.04. The van der Waals surface area contributed by atoms with Crippen LogP contribution >= 0.6 is 34.8 Å². The fourth-order valence-corrected chi connectivity index (χ4v) is 2.02. The molecule has 1 amide bonds. The molecule has 1 saturated heterocycles. The largest absolute Gasteiger partial charge is 0.458 e. The Balaban J connectivity index is 2.67. The highest BCUT2D eigenvalue weighted by molar-refractivity contribution is 6.76. The molecule has 0 spiro atoms. The molecule has 1 rings (SSSR count). The maximum absolute atomic E-state index is 12.0. The monoisotopic (exact) mass is 368 g/mol. The van der Waals surface area contributed by atoms with Crippen LogP contribution in [0.2, 0.25) is 0 Å². The van der Waals surface area contributed by atoms with E-state index in [-0.39, 0.29) is 0 Å². The van der Waals surface area contributed by atoms with Crippen LogP contribution < -0.4 is 0 Å². The third kappa shape index (κ3) is 5.42. The standard InChI is InChI=1S/C14H19Cl3N2O3/c1-5-13(21-10(18)14(15,16)17)6-8-19(9-7-13)11(20)22-12(2,3)4/h1,18H,6-9H2,2-4H3. The fourth-order valence-electron chi connectivity index (χ4n) is 1.91. The Morgan fingerprint density at radius 2 is 1.77 bits per heavy atom. The normalized spacial score (nSPS) is 18.3. The van der Waals surface area contributed by atoms with Crippen molar-refractivity contribution in [1.29, 1.82) is 5.41 Å². The van der Waals surface area contributed by atoms with Crippen LogP contribution in [0.1, 0.15) is 33.6 Å². The minimum atomic E-state index is -1.97. The van der Waals surface area contributed by atoms with E-state index in [4.69, 9.17) is 56.1 Å². The van der Waals surface area contributed by atoms with Crippen molar-refractivity contribution in [2.45, 2.75) is 48.6 Å². The number of hydrogen-bond acceptors (Lipinski definition) is 4. The van der Waals surface area contributed by atoms with Gasteiger partial charge in [0.05, 0.1) is 0 Å². The summed E-state index contributed by atoms with van der Waals surface area (Å²) in [4.78, 5) is 13.5. The summed E-state index contributed by atoms with van der Waals surface area (Å²) in [5.41, 5.74) is -1.62. The van der Waals surface area contributed by atoms with Gasteiger partial charge in [-0.05, 0) is 20.8 Å². The molecule has 8 heteroatoms. The molecule has 124 valence electrons. The molecule has 0 radical (unpaired) electrons. The molecule has 0 aliphatic carbocycles. The number of hydrogen-bond donors (Lipinski definition) is 1. The second-order valence-electron chi connectivity index (χ2n) is 6.03. The van der Waals surface area contributed by atoms with Gasteiger partial charge in [0.2, 0.25) is 5.90 Å². The van der Waals surface area contributed by atoms with Crippen LogP contribution in [-0.4, -0.2) is 45.0 Å². The second-order valence-corrected chi connectivity index (χ2v) is 8.32. The quantitative estimate of drug-likeness (QED) is 0.331. The lowest BCUT2D eigenvalue weighted by Gasteiger charge is -2.39. The van der Waals surface area contributed by atoms with E-state index in [0.29, 0.717) is 25.9 Å². The van der Waals surface area contributed by atoms with Gasteiger partial charge in [-0.3, -0.25) is 5.41 Å². The van der Waals surface area contributed by atoms with Gasteiger partial charge in [0.25, 0.3) is 3.79 Å². The average molecular weight is 370 g/mol. The first kappa shape index (κ1) is 19.2. The number of amides is 1. The number of carbonyl (C=O) groups is 1. The maximum Gasteiger partial charge on any atom is 0.410 e. The van der Waals surface area contributed by atoms with Crippen molar-refractivity contribution in [3.8, 4) is 12.3 Å². The highest BCUT2D eigenvalue weighted by Gasteiger charge is 2.41. The third-order valence-corrected chi connectivity index (χ3v) is 3.56. The zero-order valence-electron chi connectivity index (χ0n) is 12.7. The lowest BCUT2D eigenvalue weighted by molar-refractivity contribution is -0.00176. The van der Waals surface area contributed by atoms with Gasteiger partial charge < -0.3 is 14.4 Å². The van der Waals surface area contributed by atoms with Crippen LogP contribution in [0.25, 0.3) is 0 Å². The van der Waals surface area contributed by atoms with Crippen molar-refractivity contribution in [2.24, 2.45) is 0 Å². The Morgan fingerprint density at radius 1 is 1.27 bits per heavy atom. The molecule has 1 fully saturated rings.